The molecule has 0 aliphatic carbocycles. The Morgan fingerprint density at radius 2 is 1.97 bits per heavy atom. The van der Waals surface area contributed by atoms with Crippen LogP contribution in [-0.2, 0) is 21.2 Å². The highest BCUT2D eigenvalue weighted by Gasteiger charge is 2.31. The van der Waals surface area contributed by atoms with E-state index in [0.29, 0.717) is 12.2 Å². The molecule has 0 saturated carbocycles. The molecule has 0 fully saturated rings. The molecule has 0 aromatic heterocycles. The molecule has 0 spiro atoms. The summed E-state index contributed by atoms with van der Waals surface area (Å²) in [6, 6.07) is 11.9. The van der Waals surface area contributed by atoms with Crippen LogP contribution < -0.4 is 14.4 Å². The van der Waals surface area contributed by atoms with Crippen LogP contribution in [0.1, 0.15) is 32.8 Å². The fourth-order valence-corrected chi connectivity index (χ4v) is 5.06. The Labute approximate surface area is 180 Å². The second kappa shape index (κ2) is 8.85. The minimum absolute atomic E-state index is 0.0644. The van der Waals surface area contributed by atoms with Gasteiger partial charge in [-0.25, -0.2) is 13.1 Å². The maximum atomic E-state index is 12.7. The SMILES string of the molecule is CC[C@H](C)NS(=O)(=O)c1ccc(OCC(=O)N2c3ccc(Br)cc3C[C@H]2C)cc1. The molecule has 0 bridgehead atoms. The first-order chi connectivity index (χ1) is 13.7. The average Bonchev–Trinajstić information content (AvgIpc) is 3.00. The zero-order chi connectivity index (χ0) is 21.2. The molecule has 2 atom stereocenters. The fourth-order valence-electron chi connectivity index (χ4n) is 3.33. The molecule has 0 unspecified atom stereocenters. The Hall–Kier alpha value is -1.90. The van der Waals surface area contributed by atoms with Crippen molar-refractivity contribution in [3.05, 3.63) is 52.5 Å². The zero-order valence-electron chi connectivity index (χ0n) is 16.7. The second-order valence-electron chi connectivity index (χ2n) is 7.28. The standard InChI is InChI=1S/C21H25BrN2O4S/c1-4-14(2)23-29(26,27)19-8-6-18(7-9-19)28-13-21(25)24-15(3)11-16-12-17(22)5-10-20(16)24/h5-10,12,14-15,23H,4,11,13H2,1-3H3/t14-,15+/m0/s1. The molecule has 8 heteroatoms. The van der Waals surface area contributed by atoms with E-state index in [1.54, 1.807) is 17.0 Å². The van der Waals surface area contributed by atoms with E-state index >= 15 is 0 Å². The maximum absolute atomic E-state index is 12.7. The van der Waals surface area contributed by atoms with Crippen molar-refractivity contribution in [3.8, 4) is 5.75 Å². The van der Waals surface area contributed by atoms with E-state index < -0.39 is 10.0 Å². The lowest BCUT2D eigenvalue weighted by Gasteiger charge is -2.22. The van der Waals surface area contributed by atoms with Crippen molar-refractivity contribution < 1.29 is 17.9 Å². The zero-order valence-corrected chi connectivity index (χ0v) is 19.1. The lowest BCUT2D eigenvalue weighted by Crippen LogP contribution is -2.39. The van der Waals surface area contributed by atoms with Gasteiger partial charge in [-0.3, -0.25) is 4.79 Å². The van der Waals surface area contributed by atoms with Gasteiger partial charge in [0, 0.05) is 22.2 Å². The minimum Gasteiger partial charge on any atom is -0.484 e. The molecular formula is C21H25BrN2O4S. The molecule has 3 rings (SSSR count). The van der Waals surface area contributed by atoms with E-state index in [0.717, 1.165) is 22.1 Å². The summed E-state index contributed by atoms with van der Waals surface area (Å²) in [7, 11) is -3.56. The molecule has 1 amide bonds. The number of ether oxygens (including phenoxy) is 1. The predicted octanol–water partition coefficient (Wildman–Crippen LogP) is 3.88. The summed E-state index contributed by atoms with van der Waals surface area (Å²) in [6.07, 6.45) is 1.51. The third kappa shape index (κ3) is 4.99. The van der Waals surface area contributed by atoms with Crippen molar-refractivity contribution >= 4 is 37.5 Å². The van der Waals surface area contributed by atoms with E-state index in [4.69, 9.17) is 4.74 Å². The van der Waals surface area contributed by atoms with Gasteiger partial charge in [0.25, 0.3) is 5.91 Å². The minimum atomic E-state index is -3.56. The van der Waals surface area contributed by atoms with Gasteiger partial charge in [0.15, 0.2) is 6.61 Å². The number of halogens is 1. The number of rotatable bonds is 7. The molecule has 1 aliphatic heterocycles. The van der Waals surface area contributed by atoms with Crippen molar-refractivity contribution in [3.63, 3.8) is 0 Å². The summed E-state index contributed by atoms with van der Waals surface area (Å²) >= 11 is 3.46. The maximum Gasteiger partial charge on any atom is 0.265 e. The van der Waals surface area contributed by atoms with Gasteiger partial charge in [-0.15, -0.1) is 0 Å². The molecule has 2 aromatic carbocycles. The number of sulfonamides is 1. The van der Waals surface area contributed by atoms with Crippen LogP contribution in [0, 0.1) is 0 Å². The lowest BCUT2D eigenvalue weighted by atomic mass is 10.1. The molecule has 1 N–H and O–H groups in total. The van der Waals surface area contributed by atoms with Crippen LogP contribution in [0.15, 0.2) is 51.8 Å². The van der Waals surface area contributed by atoms with Crippen LogP contribution >= 0.6 is 15.9 Å². The Morgan fingerprint density at radius 1 is 1.28 bits per heavy atom. The number of benzene rings is 2. The smallest absolute Gasteiger partial charge is 0.265 e. The summed E-state index contributed by atoms with van der Waals surface area (Å²) in [5.74, 6) is 0.317. The first kappa shape index (κ1) is 21.8. The highest BCUT2D eigenvalue weighted by molar-refractivity contribution is 9.10. The molecular weight excluding hydrogens is 456 g/mol. The first-order valence-corrected chi connectivity index (χ1v) is 11.8. The van der Waals surface area contributed by atoms with Crippen molar-refractivity contribution in [1.82, 2.24) is 4.72 Å². The number of hydrogen-bond donors (Lipinski definition) is 1. The summed E-state index contributed by atoms with van der Waals surface area (Å²) in [6.45, 7) is 5.63. The van der Waals surface area contributed by atoms with Gasteiger partial charge in [0.1, 0.15) is 5.75 Å². The van der Waals surface area contributed by atoms with Crippen LogP contribution in [0.3, 0.4) is 0 Å². The highest BCUT2D eigenvalue weighted by atomic mass is 79.9. The average molecular weight is 481 g/mol. The van der Waals surface area contributed by atoms with Crippen LogP contribution in [0.5, 0.6) is 5.75 Å². The van der Waals surface area contributed by atoms with Crippen LogP contribution in [-0.4, -0.2) is 33.0 Å². The van der Waals surface area contributed by atoms with E-state index in [1.807, 2.05) is 39.0 Å². The molecule has 29 heavy (non-hydrogen) atoms. The predicted molar refractivity (Wildman–Crippen MR) is 117 cm³/mol. The van der Waals surface area contributed by atoms with Crippen LogP contribution in [0.2, 0.25) is 0 Å². The number of hydrogen-bond acceptors (Lipinski definition) is 4. The largest absolute Gasteiger partial charge is 0.484 e. The Balaban J connectivity index is 1.64. The highest BCUT2D eigenvalue weighted by Crippen LogP contribution is 2.34. The van der Waals surface area contributed by atoms with Gasteiger partial charge in [-0.05, 0) is 74.7 Å². The molecule has 1 heterocycles. The fraction of sp³-hybridized carbons (Fsp3) is 0.381. The number of anilines is 1. The number of fused-ring (bicyclic) bond motifs is 1. The van der Waals surface area contributed by atoms with Crippen LogP contribution in [0.4, 0.5) is 5.69 Å². The molecule has 0 radical (unpaired) electrons. The third-order valence-corrected chi connectivity index (χ3v) is 7.09. The van der Waals surface area contributed by atoms with Gasteiger partial charge in [0.05, 0.1) is 4.90 Å². The Morgan fingerprint density at radius 3 is 2.62 bits per heavy atom. The number of amides is 1. The van der Waals surface area contributed by atoms with Crippen molar-refractivity contribution in [2.45, 2.75) is 50.6 Å². The molecule has 156 valence electrons. The monoisotopic (exact) mass is 480 g/mol. The third-order valence-electron chi connectivity index (χ3n) is 4.99. The van der Waals surface area contributed by atoms with Crippen LogP contribution in [0.25, 0.3) is 0 Å². The van der Waals surface area contributed by atoms with Gasteiger partial charge in [0.2, 0.25) is 10.0 Å². The quantitative estimate of drug-likeness (QED) is 0.652. The number of carbonyl (C=O) groups excluding carboxylic acids is 1. The van der Waals surface area contributed by atoms with Crippen molar-refractivity contribution in [2.75, 3.05) is 11.5 Å². The number of nitrogens with one attached hydrogen (secondary N) is 1. The van der Waals surface area contributed by atoms with E-state index in [9.17, 15) is 13.2 Å². The second-order valence-corrected chi connectivity index (χ2v) is 9.91. The normalized spacial score (nSPS) is 17.1. The Bertz CT molecular complexity index is 992. The first-order valence-electron chi connectivity index (χ1n) is 9.57. The van der Waals surface area contributed by atoms with Gasteiger partial charge < -0.3 is 9.64 Å². The van der Waals surface area contributed by atoms with Gasteiger partial charge in [-0.1, -0.05) is 22.9 Å². The summed E-state index contributed by atoms with van der Waals surface area (Å²) in [5, 5.41) is 0. The van der Waals surface area contributed by atoms with Gasteiger partial charge >= 0.3 is 0 Å². The van der Waals surface area contributed by atoms with Crippen molar-refractivity contribution in [1.29, 1.82) is 0 Å². The molecule has 0 saturated heterocycles. The summed E-state index contributed by atoms with van der Waals surface area (Å²) < 4.78 is 33.9. The van der Waals surface area contributed by atoms with Gasteiger partial charge in [-0.2, -0.15) is 0 Å². The summed E-state index contributed by atoms with van der Waals surface area (Å²) in [5.41, 5.74) is 2.04. The lowest BCUT2D eigenvalue weighted by molar-refractivity contribution is -0.120. The molecule has 2 aromatic rings. The van der Waals surface area contributed by atoms with Crippen molar-refractivity contribution in [2.24, 2.45) is 0 Å². The molecule has 1 aliphatic rings. The van der Waals surface area contributed by atoms with E-state index in [-0.39, 0.29) is 29.5 Å². The topological polar surface area (TPSA) is 75.7 Å². The number of nitrogens with zero attached hydrogens (tertiary/aromatic N) is 1. The van der Waals surface area contributed by atoms with E-state index in [2.05, 4.69) is 20.7 Å². The molecule has 6 nitrogen and oxygen atoms in total. The van der Waals surface area contributed by atoms with E-state index in [1.165, 1.54) is 12.1 Å². The Kier molecular flexibility index (Phi) is 6.65. The summed E-state index contributed by atoms with van der Waals surface area (Å²) in [4.78, 5) is 14.7. The number of carbonyl (C=O) groups is 1.